The topological polar surface area (TPSA) is 99.8 Å². The van der Waals surface area contributed by atoms with Crippen molar-refractivity contribution in [3.8, 4) is 0 Å². The zero-order valence-corrected chi connectivity index (χ0v) is 18.8. The number of fused-ring (bicyclic) bond motifs is 1. The number of piperazine rings is 1. The van der Waals surface area contributed by atoms with Gasteiger partial charge in [0.25, 0.3) is 5.91 Å². The maximum Gasteiger partial charge on any atom is 0.355 e. The largest absolute Gasteiger partial charge is 0.451 e. The minimum Gasteiger partial charge on any atom is -0.451 e. The zero-order chi connectivity index (χ0) is 22.9. The van der Waals surface area contributed by atoms with Gasteiger partial charge in [-0.05, 0) is 49.2 Å². The van der Waals surface area contributed by atoms with Crippen molar-refractivity contribution in [1.82, 2.24) is 14.2 Å². The summed E-state index contributed by atoms with van der Waals surface area (Å²) in [6, 6.07) is 13.9. The van der Waals surface area contributed by atoms with Crippen LogP contribution in [0.25, 0.3) is 10.9 Å². The Balaban J connectivity index is 1.33. The van der Waals surface area contributed by atoms with E-state index in [1.54, 1.807) is 36.4 Å². The molecule has 32 heavy (non-hydrogen) atoms. The number of hydrogen-bond acceptors (Lipinski definition) is 5. The number of esters is 1. The molecule has 0 aliphatic carbocycles. The van der Waals surface area contributed by atoms with Crippen LogP contribution in [-0.4, -0.2) is 67.3 Å². The summed E-state index contributed by atoms with van der Waals surface area (Å²) in [7, 11) is -3.59. The van der Waals surface area contributed by atoms with Crippen molar-refractivity contribution in [2.45, 2.75) is 18.7 Å². The van der Waals surface area contributed by atoms with E-state index < -0.39 is 22.6 Å². The van der Waals surface area contributed by atoms with Crippen molar-refractivity contribution in [3.63, 3.8) is 0 Å². The lowest BCUT2D eigenvalue weighted by atomic mass is 10.1. The fraction of sp³-hybridized carbons (Fsp3) is 0.304. The van der Waals surface area contributed by atoms with Crippen LogP contribution in [0.3, 0.4) is 0 Å². The van der Waals surface area contributed by atoms with Crippen molar-refractivity contribution in [2.24, 2.45) is 0 Å². The van der Waals surface area contributed by atoms with Crippen LogP contribution in [0.4, 0.5) is 0 Å². The van der Waals surface area contributed by atoms with Crippen LogP contribution in [0.5, 0.6) is 0 Å². The molecular weight excluding hydrogens is 430 g/mol. The number of nitrogens with one attached hydrogen (secondary N) is 1. The molecule has 1 fully saturated rings. The molecule has 1 aromatic heterocycles. The molecule has 3 aromatic rings. The van der Waals surface area contributed by atoms with E-state index in [0.717, 1.165) is 22.0 Å². The summed E-state index contributed by atoms with van der Waals surface area (Å²) < 4.78 is 32.0. The molecule has 8 nitrogen and oxygen atoms in total. The predicted octanol–water partition coefficient (Wildman–Crippen LogP) is 2.47. The second kappa shape index (κ2) is 8.76. The average molecular weight is 456 g/mol. The first kappa shape index (κ1) is 22.0. The molecule has 2 aromatic carbocycles. The number of carbonyl (C=O) groups is 2. The van der Waals surface area contributed by atoms with Crippen molar-refractivity contribution >= 4 is 32.8 Å². The van der Waals surface area contributed by atoms with E-state index in [0.29, 0.717) is 5.69 Å². The van der Waals surface area contributed by atoms with Gasteiger partial charge in [-0.2, -0.15) is 4.31 Å². The van der Waals surface area contributed by atoms with Crippen LogP contribution in [0.15, 0.2) is 53.4 Å². The first-order valence-corrected chi connectivity index (χ1v) is 11.8. The zero-order valence-electron chi connectivity index (χ0n) is 18.0. The third kappa shape index (κ3) is 4.39. The third-order valence-corrected chi connectivity index (χ3v) is 7.52. The fourth-order valence-electron chi connectivity index (χ4n) is 3.92. The Labute approximate surface area is 186 Å². The highest BCUT2D eigenvalue weighted by Crippen LogP contribution is 2.22. The third-order valence-electron chi connectivity index (χ3n) is 5.61. The molecular formula is C23H25N3O5S. The van der Waals surface area contributed by atoms with Crippen molar-refractivity contribution in [1.29, 1.82) is 0 Å². The van der Waals surface area contributed by atoms with E-state index in [1.165, 1.54) is 9.21 Å². The number of aryl methyl sites for hydroxylation is 2. The standard InChI is InChI=1S/C23H25N3O5S/c1-16-12-17(2)19-14-21(24-20(19)13-16)23(28)31-15-22(27)25-8-10-26(11-9-25)32(29,30)18-6-4-3-5-7-18/h3-7,12-14,24H,8-11,15H2,1-2H3. The molecule has 1 aliphatic heterocycles. The number of nitrogens with zero attached hydrogens (tertiary/aromatic N) is 2. The predicted molar refractivity (Wildman–Crippen MR) is 120 cm³/mol. The van der Waals surface area contributed by atoms with Crippen LogP contribution < -0.4 is 0 Å². The molecule has 0 unspecified atom stereocenters. The number of benzene rings is 2. The van der Waals surface area contributed by atoms with Gasteiger partial charge in [0, 0.05) is 37.1 Å². The normalized spacial score (nSPS) is 15.1. The average Bonchev–Trinajstić information content (AvgIpc) is 3.22. The molecule has 9 heteroatoms. The first-order valence-electron chi connectivity index (χ1n) is 10.4. The summed E-state index contributed by atoms with van der Waals surface area (Å²) in [6.45, 7) is 4.43. The summed E-state index contributed by atoms with van der Waals surface area (Å²) in [5.74, 6) is -0.949. The molecule has 0 saturated carbocycles. The summed E-state index contributed by atoms with van der Waals surface area (Å²) >= 11 is 0. The van der Waals surface area contributed by atoms with Crippen molar-refractivity contribution in [2.75, 3.05) is 32.8 Å². The number of aromatic amines is 1. The minimum absolute atomic E-state index is 0.192. The number of ether oxygens (including phenoxy) is 1. The Hall–Kier alpha value is -3.17. The number of hydrogen-bond donors (Lipinski definition) is 1. The second-order valence-corrected chi connectivity index (χ2v) is 9.84. The molecule has 1 amide bonds. The lowest BCUT2D eigenvalue weighted by Crippen LogP contribution is -2.51. The van der Waals surface area contributed by atoms with Crippen molar-refractivity contribution in [3.05, 3.63) is 65.4 Å². The Morgan fingerprint density at radius 2 is 1.69 bits per heavy atom. The highest BCUT2D eigenvalue weighted by atomic mass is 32.2. The SMILES string of the molecule is Cc1cc(C)c2cc(C(=O)OCC(=O)N3CCN(S(=O)(=O)c4ccccc4)CC3)[nH]c2c1. The van der Waals surface area contributed by atoms with Gasteiger partial charge in [-0.3, -0.25) is 4.79 Å². The number of carbonyl (C=O) groups excluding carboxylic acids is 2. The Morgan fingerprint density at radius 1 is 1.00 bits per heavy atom. The van der Waals surface area contributed by atoms with Crippen LogP contribution in [0, 0.1) is 13.8 Å². The van der Waals surface area contributed by atoms with Gasteiger partial charge < -0.3 is 14.6 Å². The second-order valence-electron chi connectivity index (χ2n) is 7.90. The molecule has 1 saturated heterocycles. The van der Waals surface area contributed by atoms with Gasteiger partial charge in [0.1, 0.15) is 5.69 Å². The molecule has 1 N–H and O–H groups in total. The highest BCUT2D eigenvalue weighted by molar-refractivity contribution is 7.89. The quantitative estimate of drug-likeness (QED) is 0.596. The number of rotatable bonds is 5. The maximum absolute atomic E-state index is 12.7. The van der Waals surface area contributed by atoms with Crippen LogP contribution in [-0.2, 0) is 19.6 Å². The van der Waals surface area contributed by atoms with Gasteiger partial charge in [-0.15, -0.1) is 0 Å². The van der Waals surface area contributed by atoms with E-state index in [2.05, 4.69) is 4.98 Å². The summed E-state index contributed by atoms with van der Waals surface area (Å²) in [5.41, 5.74) is 3.27. The summed E-state index contributed by atoms with van der Waals surface area (Å²) in [5, 5.41) is 0.935. The van der Waals surface area contributed by atoms with Gasteiger partial charge in [-0.1, -0.05) is 24.3 Å². The van der Waals surface area contributed by atoms with Crippen molar-refractivity contribution < 1.29 is 22.7 Å². The lowest BCUT2D eigenvalue weighted by molar-refractivity contribution is -0.135. The van der Waals surface area contributed by atoms with E-state index in [4.69, 9.17) is 4.74 Å². The first-order chi connectivity index (χ1) is 15.3. The molecule has 2 heterocycles. The van der Waals surface area contributed by atoms with E-state index >= 15 is 0 Å². The van der Waals surface area contributed by atoms with Crippen LogP contribution in [0.1, 0.15) is 21.6 Å². The van der Waals surface area contributed by atoms with E-state index in [1.807, 2.05) is 26.0 Å². The molecule has 0 bridgehead atoms. The minimum atomic E-state index is -3.59. The number of sulfonamides is 1. The number of aromatic nitrogens is 1. The van der Waals surface area contributed by atoms with Gasteiger partial charge in [0.15, 0.2) is 6.61 Å². The molecule has 0 radical (unpaired) electrons. The molecule has 4 rings (SSSR count). The van der Waals surface area contributed by atoms with E-state index in [9.17, 15) is 18.0 Å². The number of amides is 1. The molecule has 0 atom stereocenters. The van der Waals surface area contributed by atoms with Gasteiger partial charge >= 0.3 is 5.97 Å². The Kier molecular flexibility index (Phi) is 6.03. The Bertz CT molecular complexity index is 1260. The smallest absolute Gasteiger partial charge is 0.355 e. The van der Waals surface area contributed by atoms with Crippen LogP contribution >= 0.6 is 0 Å². The van der Waals surface area contributed by atoms with Gasteiger partial charge in [0.05, 0.1) is 4.90 Å². The monoisotopic (exact) mass is 455 g/mol. The fourth-order valence-corrected chi connectivity index (χ4v) is 5.37. The molecule has 168 valence electrons. The maximum atomic E-state index is 12.7. The summed E-state index contributed by atoms with van der Waals surface area (Å²) in [4.78, 5) is 29.7. The lowest BCUT2D eigenvalue weighted by Gasteiger charge is -2.33. The Morgan fingerprint density at radius 3 is 2.38 bits per heavy atom. The molecule has 1 aliphatic rings. The van der Waals surface area contributed by atoms with Gasteiger partial charge in [0.2, 0.25) is 10.0 Å². The number of H-pyrrole nitrogens is 1. The highest BCUT2D eigenvalue weighted by Gasteiger charge is 2.30. The molecule has 0 spiro atoms. The van der Waals surface area contributed by atoms with E-state index in [-0.39, 0.29) is 37.0 Å². The van der Waals surface area contributed by atoms with Crippen LogP contribution in [0.2, 0.25) is 0 Å². The summed E-state index contributed by atoms with van der Waals surface area (Å²) in [6.07, 6.45) is 0. The van der Waals surface area contributed by atoms with Gasteiger partial charge in [-0.25, -0.2) is 13.2 Å².